The first-order chi connectivity index (χ1) is 16.1. The highest BCUT2D eigenvalue weighted by molar-refractivity contribution is 6.43. The van der Waals surface area contributed by atoms with Gasteiger partial charge in [0, 0.05) is 13.0 Å². The summed E-state index contributed by atoms with van der Waals surface area (Å²) in [6.07, 6.45) is 8.89. The van der Waals surface area contributed by atoms with E-state index in [0.717, 1.165) is 32.1 Å². The third kappa shape index (κ3) is 16.9. The highest BCUT2D eigenvalue weighted by atomic mass is 16.7. The molecule has 0 aromatic heterocycles. The van der Waals surface area contributed by atoms with Gasteiger partial charge in [-0.25, -0.2) is 5.21 Å². The number of carbonyl (C=O) groups excluding carboxylic acids is 2. The lowest BCUT2D eigenvalue weighted by molar-refractivity contribution is -0.822. The topological polar surface area (TPSA) is 187 Å². The molecule has 0 radical (unpaired) electrons. The molecule has 0 aromatic carbocycles. The number of carbonyl (C=O) groups is 2. The van der Waals surface area contributed by atoms with Gasteiger partial charge in [-0.2, -0.15) is 0 Å². The van der Waals surface area contributed by atoms with Crippen LogP contribution in [0.3, 0.4) is 0 Å². The summed E-state index contributed by atoms with van der Waals surface area (Å²) in [4.78, 5) is 35.7. The van der Waals surface area contributed by atoms with Gasteiger partial charge in [0.1, 0.15) is 10.9 Å². The fourth-order valence-corrected chi connectivity index (χ4v) is 3.34. The number of unbranched alkanes of at least 4 members (excludes halogenated alkanes) is 5. The minimum absolute atomic E-state index is 0.112. The average molecular weight is 485 g/mol. The zero-order valence-corrected chi connectivity index (χ0v) is 20.4. The number of hydrogen-bond donors (Lipinski definition) is 8. The molecule has 0 bridgehead atoms. The van der Waals surface area contributed by atoms with E-state index in [9.17, 15) is 24.5 Å². The van der Waals surface area contributed by atoms with Crippen LogP contribution in [0.15, 0.2) is 12.7 Å². The first kappa shape index (κ1) is 31.3. The van der Waals surface area contributed by atoms with Crippen molar-refractivity contribution in [1.82, 2.24) is 21.4 Å². The summed E-state index contributed by atoms with van der Waals surface area (Å²) in [7, 11) is -1.73. The minimum atomic E-state index is -1.73. The van der Waals surface area contributed by atoms with Gasteiger partial charge in [0.15, 0.2) is 0 Å². The van der Waals surface area contributed by atoms with Crippen LogP contribution >= 0.6 is 0 Å². The Morgan fingerprint density at radius 2 is 1.74 bits per heavy atom. The van der Waals surface area contributed by atoms with E-state index < -0.39 is 36.0 Å². The third-order valence-corrected chi connectivity index (χ3v) is 5.06. The largest absolute Gasteiger partial charge is 0.475 e. The van der Waals surface area contributed by atoms with Gasteiger partial charge in [-0.15, -0.1) is 6.58 Å². The van der Waals surface area contributed by atoms with Crippen LogP contribution in [0.25, 0.3) is 0 Å². The second-order valence-electron chi connectivity index (χ2n) is 8.70. The summed E-state index contributed by atoms with van der Waals surface area (Å²) >= 11 is 0. The van der Waals surface area contributed by atoms with Crippen LogP contribution in [-0.2, 0) is 9.59 Å². The second kappa shape index (κ2) is 18.7. The lowest BCUT2D eigenvalue weighted by Gasteiger charge is -2.24. The van der Waals surface area contributed by atoms with Gasteiger partial charge in [0.2, 0.25) is 11.8 Å². The molecule has 8 N–H and O–H groups in total. The Labute approximate surface area is 202 Å². The summed E-state index contributed by atoms with van der Waals surface area (Å²) in [6.45, 7) is 7.67. The summed E-state index contributed by atoms with van der Waals surface area (Å²) in [6, 6.07) is -0.897. The number of nitrogens with zero attached hydrogens (tertiary/aromatic N) is 1. The Balaban J connectivity index is 4.79. The summed E-state index contributed by atoms with van der Waals surface area (Å²) in [5.74, 6) is -1.96. The zero-order chi connectivity index (χ0) is 25.9. The maximum absolute atomic E-state index is 12.8. The van der Waals surface area contributed by atoms with Crippen molar-refractivity contribution < 1.29 is 29.9 Å². The van der Waals surface area contributed by atoms with Crippen LogP contribution in [0, 0.1) is 16.2 Å². The predicted molar refractivity (Wildman–Crippen MR) is 130 cm³/mol. The molecule has 0 aliphatic rings. The van der Waals surface area contributed by atoms with Crippen LogP contribution in [0.1, 0.15) is 78.1 Å². The van der Waals surface area contributed by atoms with Gasteiger partial charge < -0.3 is 26.0 Å². The van der Waals surface area contributed by atoms with E-state index in [4.69, 9.17) is 10.6 Å². The molecule has 0 saturated carbocycles. The molecule has 0 fully saturated rings. The molecule has 34 heavy (non-hydrogen) atoms. The van der Waals surface area contributed by atoms with Crippen molar-refractivity contribution in [3.8, 4) is 0 Å². The van der Waals surface area contributed by atoms with Gasteiger partial charge in [0.25, 0.3) is 5.96 Å². The number of hydrazine groups is 1. The molecular formula is C21H42BN6O6+. The first-order valence-electron chi connectivity index (χ1n) is 11.9. The maximum atomic E-state index is 12.8. The molecule has 2 atom stereocenters. The number of hydrogen-bond acceptors (Lipinski definition) is 6. The molecule has 13 heteroatoms. The smallest absolute Gasteiger partial charge is 0.426 e. The molecule has 0 spiro atoms. The van der Waals surface area contributed by atoms with Crippen molar-refractivity contribution in [1.29, 1.82) is 5.41 Å². The molecule has 194 valence electrons. The second-order valence-corrected chi connectivity index (χ2v) is 8.70. The fraction of sp³-hybridized carbons (Fsp3) is 0.762. The van der Waals surface area contributed by atoms with Crippen molar-refractivity contribution in [3.05, 3.63) is 17.6 Å². The maximum Gasteiger partial charge on any atom is 0.475 e. The lowest BCUT2D eigenvalue weighted by atomic mass is 9.75. The van der Waals surface area contributed by atoms with E-state index in [2.05, 4.69) is 22.5 Å². The van der Waals surface area contributed by atoms with Crippen molar-refractivity contribution in [2.24, 2.45) is 5.92 Å². The zero-order valence-electron chi connectivity index (χ0n) is 20.4. The summed E-state index contributed by atoms with van der Waals surface area (Å²) < 4.78 is 0. The van der Waals surface area contributed by atoms with E-state index in [1.807, 2.05) is 19.9 Å². The normalized spacial score (nSPS) is 12.4. The van der Waals surface area contributed by atoms with Gasteiger partial charge in [0.05, 0.1) is 5.94 Å². The Morgan fingerprint density at radius 3 is 2.32 bits per heavy atom. The first-order valence-corrected chi connectivity index (χ1v) is 11.9. The van der Waals surface area contributed by atoms with Crippen molar-refractivity contribution in [2.45, 2.75) is 90.0 Å². The number of allylic oxidation sites excluding steroid dienone is 1. The summed E-state index contributed by atoms with van der Waals surface area (Å²) in [5, 5.41) is 42.4. The van der Waals surface area contributed by atoms with Gasteiger partial charge in [-0.05, 0) is 49.9 Å². The SMILES string of the molecule is C=CCCCCCCCC(=O)N[C@@H](CCCNC(=N)N[N+](=O)O)C(=O)N[C@@H](CC(C)C)B(O)O. The number of nitrogens with one attached hydrogen (secondary N) is 5. The Hall–Kier alpha value is -2.67. The van der Waals surface area contributed by atoms with Crippen LogP contribution in [0.5, 0.6) is 0 Å². The van der Waals surface area contributed by atoms with Crippen LogP contribution in [0.2, 0.25) is 0 Å². The van der Waals surface area contributed by atoms with E-state index in [-0.39, 0.29) is 31.2 Å². The van der Waals surface area contributed by atoms with Gasteiger partial charge in [-0.1, -0.05) is 39.2 Å². The van der Waals surface area contributed by atoms with Crippen molar-refractivity contribution in [2.75, 3.05) is 6.54 Å². The number of amides is 2. The molecule has 2 amide bonds. The predicted octanol–water partition coefficient (Wildman–Crippen LogP) is 0.908. The van der Waals surface area contributed by atoms with Gasteiger partial charge in [-0.3, -0.25) is 15.0 Å². The Kier molecular flexibility index (Phi) is 17.3. The molecule has 0 heterocycles. The lowest BCUT2D eigenvalue weighted by Crippen LogP contribution is -2.54. The standard InChI is InChI=1S/C21H41BN6O6/c1-4-5-6-7-8-9-10-13-19(29)25-17(12-11-14-24-21(23)27-28(33)34)20(30)26-18(22(31)32)15-16(2)3/h4,16-18,31-32H,1,5-15H2,2-3H3,(H5-,23,24,25,26,27,29,30,33,34)/p+1/t17-,18-/m0/s1. The number of rotatable bonds is 19. The molecular weight excluding hydrogens is 443 g/mol. The number of guanidine groups is 1. The van der Waals surface area contributed by atoms with Crippen molar-refractivity contribution >= 4 is 24.9 Å². The highest BCUT2D eigenvalue weighted by Gasteiger charge is 2.29. The van der Waals surface area contributed by atoms with E-state index >= 15 is 0 Å². The van der Waals surface area contributed by atoms with E-state index in [1.54, 1.807) is 5.43 Å². The molecule has 0 aromatic rings. The van der Waals surface area contributed by atoms with Gasteiger partial charge >= 0.3 is 12.2 Å². The molecule has 0 saturated heterocycles. The fourth-order valence-electron chi connectivity index (χ4n) is 3.34. The quantitative estimate of drug-likeness (QED) is 0.0331. The van der Waals surface area contributed by atoms with Crippen LogP contribution < -0.4 is 21.4 Å². The van der Waals surface area contributed by atoms with Crippen LogP contribution in [-0.4, -0.2) is 63.7 Å². The minimum Gasteiger partial charge on any atom is -0.426 e. The van der Waals surface area contributed by atoms with E-state index in [0.29, 0.717) is 19.3 Å². The third-order valence-electron chi connectivity index (χ3n) is 5.06. The monoisotopic (exact) mass is 485 g/mol. The average Bonchev–Trinajstić information content (AvgIpc) is 2.73. The molecule has 0 aliphatic heterocycles. The van der Waals surface area contributed by atoms with E-state index in [1.165, 1.54) is 0 Å². The summed E-state index contributed by atoms with van der Waals surface area (Å²) in [5.41, 5.74) is 1.78. The van der Waals surface area contributed by atoms with Crippen molar-refractivity contribution in [3.63, 3.8) is 0 Å². The Morgan fingerprint density at radius 1 is 1.09 bits per heavy atom. The molecule has 0 aliphatic carbocycles. The molecule has 0 unspecified atom stereocenters. The molecule has 12 nitrogen and oxygen atoms in total. The molecule has 0 rings (SSSR count). The Bertz CT molecular complexity index is 649. The highest BCUT2D eigenvalue weighted by Crippen LogP contribution is 2.09. The van der Waals surface area contributed by atoms with Crippen LogP contribution in [0.4, 0.5) is 0 Å².